The van der Waals surface area contributed by atoms with Crippen LogP contribution >= 0.6 is 7.41 Å². The summed E-state index contributed by atoms with van der Waals surface area (Å²) in [4.78, 5) is 1.70. The molecule has 0 saturated heterocycles. The maximum atomic E-state index is 5.53. The molecule has 4 heteroatoms. The molecular formula is C4H16N3P. The van der Waals surface area contributed by atoms with Gasteiger partial charge in [0.2, 0.25) is 0 Å². The summed E-state index contributed by atoms with van der Waals surface area (Å²) in [5.74, 6) is 5.53. The first kappa shape index (κ1) is 8.31. The van der Waals surface area contributed by atoms with Crippen molar-refractivity contribution < 1.29 is 0 Å². The second-order valence-corrected chi connectivity index (χ2v) is 7.59. The van der Waals surface area contributed by atoms with E-state index in [2.05, 4.69) is 25.4 Å². The Morgan fingerprint density at radius 1 is 1.38 bits per heavy atom. The molecule has 0 aliphatic rings. The molecule has 0 aromatic heterocycles. The van der Waals surface area contributed by atoms with E-state index < -0.39 is 7.41 Å². The third-order valence-electron chi connectivity index (χ3n) is 0.964. The van der Waals surface area contributed by atoms with Gasteiger partial charge < -0.3 is 0 Å². The number of nitrogens with two attached hydrogens (primary N) is 1. The van der Waals surface area contributed by atoms with E-state index in [1.807, 2.05) is 7.05 Å². The number of rotatable bonds is 2. The van der Waals surface area contributed by atoms with E-state index in [1.54, 1.807) is 4.89 Å². The molecule has 0 aromatic carbocycles. The summed E-state index contributed by atoms with van der Waals surface area (Å²) in [7, 11) is 0.571. The summed E-state index contributed by atoms with van der Waals surface area (Å²) >= 11 is 0. The molecule has 0 spiro atoms. The summed E-state index contributed by atoms with van der Waals surface area (Å²) in [6, 6.07) is 0. The first-order chi connectivity index (χ1) is 3.48. The van der Waals surface area contributed by atoms with Crippen LogP contribution in [-0.2, 0) is 0 Å². The van der Waals surface area contributed by atoms with Crippen molar-refractivity contribution in [3.05, 3.63) is 0 Å². The Hall–Kier alpha value is 0.310. The number of nitrogens with zero attached hydrogens (tertiary/aromatic N) is 1. The molecule has 0 amide bonds. The first-order valence-electron chi connectivity index (χ1n) is 2.71. The molecular weight excluding hydrogens is 121 g/mol. The first-order valence-corrected chi connectivity index (χ1v) is 6.15. The van der Waals surface area contributed by atoms with E-state index >= 15 is 0 Å². The average molecular weight is 137 g/mol. The Morgan fingerprint density at radius 2 is 1.75 bits per heavy atom. The Labute approximate surface area is 51.6 Å². The van der Waals surface area contributed by atoms with Gasteiger partial charge >= 0.3 is 50.6 Å². The molecule has 3 N–H and O–H groups in total. The minimum absolute atomic E-state index is 1.26. The van der Waals surface area contributed by atoms with E-state index in [0.29, 0.717) is 0 Å². The Morgan fingerprint density at radius 3 is 1.75 bits per heavy atom. The summed E-state index contributed by atoms with van der Waals surface area (Å²) in [5.41, 5.74) is 2.88. The van der Waals surface area contributed by atoms with E-state index in [0.717, 1.165) is 0 Å². The summed E-state index contributed by atoms with van der Waals surface area (Å²) < 4.78 is 0. The molecule has 0 saturated carbocycles. The molecule has 0 heterocycles. The number of nitrogens with one attached hydrogen (secondary N) is 1. The predicted octanol–water partition coefficient (Wildman–Crippen LogP) is -0.149. The topological polar surface area (TPSA) is 41.3 Å². The monoisotopic (exact) mass is 137 g/mol. The minimum atomic E-state index is -1.26. The summed E-state index contributed by atoms with van der Waals surface area (Å²) in [6.07, 6.45) is 0. The van der Waals surface area contributed by atoms with Gasteiger partial charge in [-0.2, -0.15) is 0 Å². The average Bonchev–Trinajstić information content (AvgIpc) is 1.62. The van der Waals surface area contributed by atoms with Crippen LogP contribution in [0.15, 0.2) is 0 Å². The van der Waals surface area contributed by atoms with Crippen LogP contribution in [0.2, 0.25) is 0 Å². The van der Waals surface area contributed by atoms with Crippen molar-refractivity contribution in [3.8, 4) is 0 Å². The molecule has 3 nitrogen and oxygen atoms in total. The number of hydrazine groups is 2. The maximum absolute atomic E-state index is 5.53. The van der Waals surface area contributed by atoms with Gasteiger partial charge in [0.15, 0.2) is 0 Å². The van der Waals surface area contributed by atoms with Crippen LogP contribution in [0.1, 0.15) is 0 Å². The van der Waals surface area contributed by atoms with Gasteiger partial charge in [-0.3, -0.25) is 0 Å². The Kier molecular flexibility index (Phi) is 2.84. The second kappa shape index (κ2) is 2.74. The van der Waals surface area contributed by atoms with Crippen molar-refractivity contribution >= 4 is 7.41 Å². The molecule has 0 aromatic rings. The molecule has 0 aliphatic carbocycles. The Balaban J connectivity index is 3.62. The van der Waals surface area contributed by atoms with E-state index in [4.69, 9.17) is 5.84 Å². The normalized spacial score (nSPS) is 14.8. The third-order valence-corrected chi connectivity index (χ3v) is 2.63. The summed E-state index contributed by atoms with van der Waals surface area (Å²) in [6.45, 7) is 6.51. The fourth-order valence-corrected chi connectivity index (χ4v) is 1.01. The van der Waals surface area contributed by atoms with Crippen molar-refractivity contribution in [3.63, 3.8) is 0 Å². The molecule has 8 heavy (non-hydrogen) atoms. The van der Waals surface area contributed by atoms with Crippen molar-refractivity contribution in [1.82, 2.24) is 10.3 Å². The van der Waals surface area contributed by atoms with Crippen molar-refractivity contribution in [2.45, 2.75) is 0 Å². The number of hydrogen-bond acceptors (Lipinski definition) is 3. The van der Waals surface area contributed by atoms with Crippen LogP contribution in [-0.4, -0.2) is 31.9 Å². The van der Waals surface area contributed by atoms with E-state index in [1.165, 1.54) is 0 Å². The molecule has 0 bridgehead atoms. The predicted molar refractivity (Wildman–Crippen MR) is 41.2 cm³/mol. The number of hydrogen-bond donors (Lipinski definition) is 2. The molecule has 0 aliphatic heterocycles. The van der Waals surface area contributed by atoms with Gasteiger partial charge in [-0.15, -0.1) is 0 Å². The van der Waals surface area contributed by atoms with Crippen LogP contribution in [0.4, 0.5) is 0 Å². The van der Waals surface area contributed by atoms with Gasteiger partial charge in [0.1, 0.15) is 0 Å². The van der Waals surface area contributed by atoms with Crippen molar-refractivity contribution in [1.29, 1.82) is 0 Å². The van der Waals surface area contributed by atoms with E-state index in [-0.39, 0.29) is 0 Å². The molecule has 0 unspecified atom stereocenters. The Bertz CT molecular complexity index is 68.2. The third kappa shape index (κ3) is 2.58. The molecule has 0 radical (unpaired) electrons. The van der Waals surface area contributed by atoms with Gasteiger partial charge in [0, 0.05) is 0 Å². The van der Waals surface area contributed by atoms with Crippen LogP contribution < -0.4 is 11.3 Å². The second-order valence-electron chi connectivity index (χ2n) is 2.76. The zero-order chi connectivity index (χ0) is 6.78. The zero-order valence-electron chi connectivity index (χ0n) is 6.02. The van der Waals surface area contributed by atoms with Gasteiger partial charge in [-0.1, -0.05) is 0 Å². The molecule has 0 rings (SSSR count). The van der Waals surface area contributed by atoms with Crippen LogP contribution in [0.25, 0.3) is 0 Å². The standard InChI is InChI=1S/C4H16N3P/c1-6-7(5)8(2,3)4/h6,8H,5H2,1-4H3. The van der Waals surface area contributed by atoms with Crippen LogP contribution in [0.5, 0.6) is 0 Å². The van der Waals surface area contributed by atoms with E-state index in [9.17, 15) is 0 Å². The fourth-order valence-electron chi connectivity index (χ4n) is 0.335. The van der Waals surface area contributed by atoms with Crippen molar-refractivity contribution in [2.75, 3.05) is 27.0 Å². The van der Waals surface area contributed by atoms with Gasteiger partial charge in [-0.25, -0.2) is 0 Å². The van der Waals surface area contributed by atoms with Crippen molar-refractivity contribution in [2.24, 2.45) is 5.84 Å². The molecule has 52 valence electrons. The SMILES string of the molecule is CNN(N)[PH](C)(C)C. The van der Waals surface area contributed by atoms with Gasteiger partial charge in [0.25, 0.3) is 0 Å². The molecule has 0 atom stereocenters. The van der Waals surface area contributed by atoms with Crippen LogP contribution in [0, 0.1) is 0 Å². The summed E-state index contributed by atoms with van der Waals surface area (Å²) in [5, 5.41) is 0. The van der Waals surface area contributed by atoms with Gasteiger partial charge in [0.05, 0.1) is 0 Å². The van der Waals surface area contributed by atoms with Gasteiger partial charge in [-0.05, 0) is 0 Å². The zero-order valence-corrected chi connectivity index (χ0v) is 7.02. The molecule has 0 fully saturated rings. The van der Waals surface area contributed by atoms with Crippen LogP contribution in [0.3, 0.4) is 0 Å². The quantitative estimate of drug-likeness (QED) is 0.316. The fraction of sp³-hybridized carbons (Fsp3) is 1.00.